The van der Waals surface area contributed by atoms with Crippen LogP contribution >= 0.6 is 0 Å². The van der Waals surface area contributed by atoms with Gasteiger partial charge in [-0.05, 0) is 39.3 Å². The number of nitrogens with one attached hydrogen (secondary N) is 1. The summed E-state index contributed by atoms with van der Waals surface area (Å²) in [6.07, 6.45) is 0.433. The van der Waals surface area contributed by atoms with Crippen LogP contribution in [0.3, 0.4) is 0 Å². The first-order valence-electron chi connectivity index (χ1n) is 6.91. The lowest BCUT2D eigenvalue weighted by atomic mass is 10.0. The summed E-state index contributed by atoms with van der Waals surface area (Å²) in [5.41, 5.74) is -0.0469. The molecule has 21 heavy (non-hydrogen) atoms. The van der Waals surface area contributed by atoms with E-state index in [1.807, 2.05) is 26.8 Å². The number of carbonyl (C=O) groups is 1. The van der Waals surface area contributed by atoms with Crippen molar-refractivity contribution in [1.29, 1.82) is 5.26 Å². The minimum atomic E-state index is -0.516. The molecular weight excluding hydrogens is 270 g/mol. The van der Waals surface area contributed by atoms with Crippen molar-refractivity contribution in [3.63, 3.8) is 0 Å². The third-order valence-electron chi connectivity index (χ3n) is 3.33. The number of pyridine rings is 1. The first-order valence-corrected chi connectivity index (χ1v) is 6.91. The lowest BCUT2D eigenvalue weighted by molar-refractivity contribution is 0.0292. The number of hydrogen-bond donors (Lipinski definition) is 1. The Balaban J connectivity index is 2.06. The molecule has 6 heteroatoms. The van der Waals surface area contributed by atoms with E-state index in [9.17, 15) is 9.59 Å². The normalized spacial score (nSPS) is 18.4. The predicted molar refractivity (Wildman–Crippen MR) is 76.9 cm³/mol. The number of rotatable bonds is 1. The molecule has 0 aliphatic carbocycles. The molecule has 1 aliphatic heterocycles. The monoisotopic (exact) mass is 289 g/mol. The fraction of sp³-hybridized carbons (Fsp3) is 0.533. The number of hydrogen-bond acceptors (Lipinski definition) is 4. The topological polar surface area (TPSA) is 86.2 Å². The van der Waals surface area contributed by atoms with Gasteiger partial charge in [0.1, 0.15) is 17.2 Å². The highest BCUT2D eigenvalue weighted by Crippen LogP contribution is 2.26. The van der Waals surface area contributed by atoms with Crippen molar-refractivity contribution < 1.29 is 9.53 Å². The van der Waals surface area contributed by atoms with E-state index >= 15 is 0 Å². The van der Waals surface area contributed by atoms with E-state index in [4.69, 9.17) is 10.00 Å². The maximum atomic E-state index is 12.0. The van der Waals surface area contributed by atoms with Crippen LogP contribution in [0.25, 0.3) is 0 Å². The van der Waals surface area contributed by atoms with E-state index in [2.05, 4.69) is 4.98 Å². The second-order valence-corrected chi connectivity index (χ2v) is 6.18. The van der Waals surface area contributed by atoms with Crippen LogP contribution in [0.1, 0.15) is 44.4 Å². The van der Waals surface area contributed by atoms with Crippen LogP contribution in [0.5, 0.6) is 0 Å². The zero-order valence-corrected chi connectivity index (χ0v) is 12.5. The molecule has 1 aromatic heterocycles. The summed E-state index contributed by atoms with van der Waals surface area (Å²) in [4.78, 5) is 28.0. The number of ether oxygens (including phenoxy) is 1. The number of H-pyrrole nitrogens is 1. The van der Waals surface area contributed by atoms with Gasteiger partial charge in [-0.25, -0.2) is 4.79 Å². The van der Waals surface area contributed by atoms with Crippen molar-refractivity contribution in [1.82, 2.24) is 9.88 Å². The Morgan fingerprint density at radius 2 is 2.19 bits per heavy atom. The van der Waals surface area contributed by atoms with Crippen LogP contribution in [0, 0.1) is 11.3 Å². The molecule has 0 saturated carbocycles. The van der Waals surface area contributed by atoms with Crippen molar-refractivity contribution in [2.75, 3.05) is 13.1 Å². The Bertz CT molecular complexity index is 637. The lowest BCUT2D eigenvalue weighted by Gasteiger charge is -2.24. The van der Waals surface area contributed by atoms with E-state index in [-0.39, 0.29) is 23.1 Å². The molecule has 1 unspecified atom stereocenters. The van der Waals surface area contributed by atoms with Crippen molar-refractivity contribution in [3.05, 3.63) is 33.7 Å². The maximum absolute atomic E-state index is 12.0. The summed E-state index contributed by atoms with van der Waals surface area (Å²) in [7, 11) is 0. The minimum Gasteiger partial charge on any atom is -0.444 e. The number of aromatic amines is 1. The van der Waals surface area contributed by atoms with Crippen molar-refractivity contribution >= 4 is 6.09 Å². The Labute approximate surface area is 123 Å². The van der Waals surface area contributed by atoms with Crippen LogP contribution in [-0.4, -0.2) is 34.7 Å². The van der Waals surface area contributed by atoms with Crippen LogP contribution < -0.4 is 5.56 Å². The number of nitriles is 1. The molecule has 0 radical (unpaired) electrons. The summed E-state index contributed by atoms with van der Waals surface area (Å²) in [5.74, 6) is 0.0676. The van der Waals surface area contributed by atoms with Crippen molar-refractivity contribution in [3.8, 4) is 6.07 Å². The van der Waals surface area contributed by atoms with Gasteiger partial charge in [0.05, 0.1) is 0 Å². The first-order chi connectivity index (χ1) is 9.80. The molecule has 2 rings (SSSR count). The highest BCUT2D eigenvalue weighted by Gasteiger charge is 2.31. The average Bonchev–Trinajstić information content (AvgIpc) is 2.86. The molecule has 1 fully saturated rings. The van der Waals surface area contributed by atoms with Gasteiger partial charge in [0, 0.05) is 24.7 Å². The van der Waals surface area contributed by atoms with Gasteiger partial charge in [-0.3, -0.25) is 4.79 Å². The fourth-order valence-electron chi connectivity index (χ4n) is 2.32. The number of aromatic nitrogens is 1. The first kappa shape index (κ1) is 15.1. The highest BCUT2D eigenvalue weighted by atomic mass is 16.6. The van der Waals surface area contributed by atoms with Crippen LogP contribution in [0.2, 0.25) is 0 Å². The second kappa shape index (κ2) is 5.60. The Hall–Kier alpha value is -2.29. The van der Waals surface area contributed by atoms with Crippen LogP contribution in [0.15, 0.2) is 16.9 Å². The number of likely N-dealkylation sites (tertiary alicyclic amines) is 1. The highest BCUT2D eigenvalue weighted by molar-refractivity contribution is 5.68. The van der Waals surface area contributed by atoms with Crippen molar-refractivity contribution in [2.24, 2.45) is 0 Å². The molecule has 1 N–H and O–H groups in total. The van der Waals surface area contributed by atoms with E-state index in [1.54, 1.807) is 11.0 Å². The van der Waals surface area contributed by atoms with Gasteiger partial charge in [0.2, 0.25) is 0 Å². The van der Waals surface area contributed by atoms with E-state index in [1.165, 1.54) is 6.07 Å². The zero-order valence-electron chi connectivity index (χ0n) is 12.5. The van der Waals surface area contributed by atoms with Gasteiger partial charge >= 0.3 is 6.09 Å². The zero-order chi connectivity index (χ0) is 15.6. The standard InChI is InChI=1S/C15H19N3O3/c1-15(2,3)21-14(20)18-7-6-11(9-18)12-5-4-10(8-16)13(19)17-12/h4-5,11H,6-7,9H2,1-3H3,(H,17,19). The molecule has 1 aromatic rings. The third kappa shape index (κ3) is 3.63. The fourth-order valence-corrected chi connectivity index (χ4v) is 2.32. The SMILES string of the molecule is CC(C)(C)OC(=O)N1CCC(c2ccc(C#N)c(=O)[nH]2)C1. The molecule has 0 bridgehead atoms. The Kier molecular flexibility index (Phi) is 4.03. The molecule has 0 spiro atoms. The number of carbonyl (C=O) groups excluding carboxylic acids is 1. The molecule has 1 amide bonds. The largest absolute Gasteiger partial charge is 0.444 e. The summed E-state index contributed by atoms with van der Waals surface area (Å²) in [6.45, 7) is 6.60. The minimum absolute atomic E-state index is 0.0676. The average molecular weight is 289 g/mol. The second-order valence-electron chi connectivity index (χ2n) is 6.18. The Morgan fingerprint density at radius 3 is 2.76 bits per heavy atom. The summed E-state index contributed by atoms with van der Waals surface area (Å²) in [6, 6.07) is 5.09. The predicted octanol–water partition coefficient (Wildman–Crippen LogP) is 1.97. The summed E-state index contributed by atoms with van der Waals surface area (Å²) < 4.78 is 5.34. The van der Waals surface area contributed by atoms with Gasteiger partial charge in [0.15, 0.2) is 0 Å². The van der Waals surface area contributed by atoms with Crippen LogP contribution in [0.4, 0.5) is 4.79 Å². The molecule has 112 valence electrons. The molecule has 6 nitrogen and oxygen atoms in total. The summed E-state index contributed by atoms with van der Waals surface area (Å²) in [5, 5.41) is 8.76. The van der Waals surface area contributed by atoms with Gasteiger partial charge in [-0.1, -0.05) is 0 Å². The molecule has 2 heterocycles. The van der Waals surface area contributed by atoms with Gasteiger partial charge in [-0.15, -0.1) is 0 Å². The Morgan fingerprint density at radius 1 is 1.48 bits per heavy atom. The number of nitrogens with zero attached hydrogens (tertiary/aromatic N) is 2. The lowest BCUT2D eigenvalue weighted by Crippen LogP contribution is -2.35. The summed E-state index contributed by atoms with van der Waals surface area (Å²) >= 11 is 0. The molecule has 0 aromatic carbocycles. The van der Waals surface area contributed by atoms with Gasteiger partial charge in [0.25, 0.3) is 5.56 Å². The quantitative estimate of drug-likeness (QED) is 0.856. The smallest absolute Gasteiger partial charge is 0.410 e. The van der Waals surface area contributed by atoms with Crippen molar-refractivity contribution in [2.45, 2.75) is 38.7 Å². The van der Waals surface area contributed by atoms with E-state index in [0.29, 0.717) is 13.1 Å². The number of amides is 1. The molecule has 1 aliphatic rings. The molecular formula is C15H19N3O3. The molecule has 1 atom stereocenters. The molecule has 1 saturated heterocycles. The van der Waals surface area contributed by atoms with E-state index in [0.717, 1.165) is 12.1 Å². The van der Waals surface area contributed by atoms with Gasteiger partial charge in [-0.2, -0.15) is 5.26 Å². The van der Waals surface area contributed by atoms with Gasteiger partial charge < -0.3 is 14.6 Å². The third-order valence-corrected chi connectivity index (χ3v) is 3.33. The van der Waals surface area contributed by atoms with Crippen LogP contribution in [-0.2, 0) is 4.74 Å². The maximum Gasteiger partial charge on any atom is 0.410 e. The van der Waals surface area contributed by atoms with E-state index < -0.39 is 5.60 Å².